The molecule has 0 aliphatic heterocycles. The van der Waals surface area contributed by atoms with Gasteiger partial charge >= 0.3 is 6.09 Å². The molecule has 0 aliphatic rings. The topological polar surface area (TPSA) is 89.7 Å². The minimum absolute atomic E-state index is 0.0205. The number of benzene rings is 2. The Kier molecular flexibility index (Phi) is 8.19. The quantitative estimate of drug-likeness (QED) is 0.542. The van der Waals surface area contributed by atoms with Gasteiger partial charge < -0.3 is 15.3 Å². The molecule has 0 aliphatic carbocycles. The molecule has 0 heterocycles. The molecule has 142 valence electrons. The lowest BCUT2D eigenvalue weighted by Crippen LogP contribution is -2.46. The number of amides is 2. The number of nitrogens with zero attached hydrogens (tertiary/aromatic N) is 1. The van der Waals surface area contributed by atoms with Gasteiger partial charge in [0.15, 0.2) is 0 Å². The van der Waals surface area contributed by atoms with E-state index in [1.807, 2.05) is 30.3 Å². The van der Waals surface area contributed by atoms with E-state index in [0.29, 0.717) is 37.7 Å². The highest BCUT2D eigenvalue weighted by molar-refractivity contribution is 6.04. The fourth-order valence-corrected chi connectivity index (χ4v) is 2.63. The van der Waals surface area contributed by atoms with Gasteiger partial charge in [-0.25, -0.2) is 9.69 Å². The minimum Gasteiger partial charge on any atom is -0.444 e. The Bertz CT molecular complexity index is 734. The van der Waals surface area contributed by atoms with Crippen LogP contribution in [0.2, 0.25) is 0 Å². The summed E-state index contributed by atoms with van der Waals surface area (Å²) in [6.45, 7) is 0.503. The van der Waals surface area contributed by atoms with Crippen LogP contribution in [0.4, 0.5) is 4.79 Å². The number of unbranched alkanes of at least 4 members (excludes halogenated alkanes) is 1. The van der Waals surface area contributed by atoms with Crippen LogP contribution in [-0.2, 0) is 16.1 Å². The Labute approximate surface area is 158 Å². The van der Waals surface area contributed by atoms with Gasteiger partial charge in [-0.2, -0.15) is 0 Å². The highest BCUT2D eigenvalue weighted by Crippen LogP contribution is 2.15. The predicted molar refractivity (Wildman–Crippen MR) is 102 cm³/mol. The van der Waals surface area contributed by atoms with Crippen molar-refractivity contribution >= 4 is 18.3 Å². The summed E-state index contributed by atoms with van der Waals surface area (Å²) >= 11 is 0. The summed E-state index contributed by atoms with van der Waals surface area (Å²) in [5.41, 5.74) is 6.61. The first-order chi connectivity index (χ1) is 13.2. The molecule has 2 amide bonds. The fourth-order valence-electron chi connectivity index (χ4n) is 2.63. The number of hydrogen-bond acceptors (Lipinski definition) is 5. The number of aldehydes is 1. The fraction of sp³-hybridized carbons (Fsp3) is 0.286. The van der Waals surface area contributed by atoms with Crippen molar-refractivity contribution in [3.63, 3.8) is 0 Å². The molecule has 2 aromatic carbocycles. The van der Waals surface area contributed by atoms with Crippen molar-refractivity contribution in [1.82, 2.24) is 4.90 Å². The third-order valence-electron chi connectivity index (χ3n) is 4.08. The summed E-state index contributed by atoms with van der Waals surface area (Å²) in [5.74, 6) is -0.557. The van der Waals surface area contributed by atoms with E-state index in [9.17, 15) is 14.4 Å². The molecular weight excluding hydrogens is 344 g/mol. The third-order valence-corrected chi connectivity index (χ3v) is 4.08. The van der Waals surface area contributed by atoms with Crippen LogP contribution in [0, 0.1) is 0 Å². The maximum Gasteiger partial charge on any atom is 0.417 e. The first kappa shape index (κ1) is 20.3. The van der Waals surface area contributed by atoms with E-state index in [4.69, 9.17) is 10.5 Å². The summed E-state index contributed by atoms with van der Waals surface area (Å²) < 4.78 is 5.30. The maximum absolute atomic E-state index is 12.9. The maximum atomic E-state index is 12.9. The molecule has 0 spiro atoms. The predicted octanol–water partition coefficient (Wildman–Crippen LogP) is 3.16. The second kappa shape index (κ2) is 10.9. The smallest absolute Gasteiger partial charge is 0.417 e. The van der Waals surface area contributed by atoms with Gasteiger partial charge in [-0.3, -0.25) is 4.79 Å². The lowest BCUT2D eigenvalue weighted by atomic mass is 10.1. The molecule has 1 atom stereocenters. The number of carbonyl (C=O) groups is 3. The number of rotatable bonds is 9. The largest absolute Gasteiger partial charge is 0.444 e. The van der Waals surface area contributed by atoms with Crippen LogP contribution in [-0.4, -0.2) is 35.8 Å². The van der Waals surface area contributed by atoms with Gasteiger partial charge in [0.1, 0.15) is 12.9 Å². The Hall–Kier alpha value is -2.99. The summed E-state index contributed by atoms with van der Waals surface area (Å²) in [5, 5.41) is 0. The molecule has 2 N–H and O–H groups in total. The normalized spacial score (nSPS) is 11.4. The molecule has 0 radical (unpaired) electrons. The zero-order valence-corrected chi connectivity index (χ0v) is 15.1. The molecule has 6 nitrogen and oxygen atoms in total. The molecule has 0 saturated carbocycles. The molecule has 0 saturated heterocycles. The second-order valence-electron chi connectivity index (χ2n) is 6.07. The van der Waals surface area contributed by atoms with E-state index in [-0.39, 0.29) is 6.61 Å². The SMILES string of the molecule is NCCCC[C@@H](C=O)N(C(=O)OCc1ccccc1)C(=O)c1ccccc1. The first-order valence-corrected chi connectivity index (χ1v) is 8.92. The minimum atomic E-state index is -0.896. The monoisotopic (exact) mass is 368 g/mol. The van der Waals surface area contributed by atoms with Crippen LogP contribution < -0.4 is 5.73 Å². The van der Waals surface area contributed by atoms with E-state index < -0.39 is 18.0 Å². The van der Waals surface area contributed by atoms with Crippen LogP contribution in [0.3, 0.4) is 0 Å². The van der Waals surface area contributed by atoms with Crippen molar-refractivity contribution < 1.29 is 19.1 Å². The molecule has 0 fully saturated rings. The molecular formula is C21H24N2O4. The molecule has 27 heavy (non-hydrogen) atoms. The number of ether oxygens (including phenoxy) is 1. The van der Waals surface area contributed by atoms with Crippen molar-refractivity contribution in [2.75, 3.05) is 6.54 Å². The van der Waals surface area contributed by atoms with Crippen molar-refractivity contribution in [2.24, 2.45) is 5.73 Å². The van der Waals surface area contributed by atoms with Crippen LogP contribution in [0.25, 0.3) is 0 Å². The molecule has 0 unspecified atom stereocenters. The molecule has 2 rings (SSSR count). The van der Waals surface area contributed by atoms with Crippen LogP contribution in [0.1, 0.15) is 35.2 Å². The standard InChI is InChI=1S/C21H24N2O4/c22-14-8-7-13-19(15-24)23(20(25)18-11-5-2-6-12-18)21(26)27-16-17-9-3-1-4-10-17/h1-6,9-12,15,19H,7-8,13-14,16,22H2/t19-/m0/s1. The van der Waals surface area contributed by atoms with Crippen LogP contribution in [0.5, 0.6) is 0 Å². The second-order valence-corrected chi connectivity index (χ2v) is 6.07. The number of nitrogens with two attached hydrogens (primary N) is 1. The Morgan fingerprint density at radius 1 is 1.00 bits per heavy atom. The van der Waals surface area contributed by atoms with Crippen LogP contribution >= 0.6 is 0 Å². The first-order valence-electron chi connectivity index (χ1n) is 8.92. The summed E-state index contributed by atoms with van der Waals surface area (Å²) in [6.07, 6.45) is 1.46. The third kappa shape index (κ3) is 6.04. The lowest BCUT2D eigenvalue weighted by Gasteiger charge is -2.26. The van der Waals surface area contributed by atoms with Gasteiger partial charge in [-0.05, 0) is 43.5 Å². The molecule has 6 heteroatoms. The van der Waals surface area contributed by atoms with E-state index >= 15 is 0 Å². The average molecular weight is 368 g/mol. The van der Waals surface area contributed by atoms with Crippen molar-refractivity contribution in [3.8, 4) is 0 Å². The Morgan fingerprint density at radius 3 is 2.22 bits per heavy atom. The van der Waals surface area contributed by atoms with E-state index in [2.05, 4.69) is 0 Å². The lowest BCUT2D eigenvalue weighted by molar-refractivity contribution is -0.111. The zero-order valence-electron chi connectivity index (χ0n) is 15.1. The van der Waals surface area contributed by atoms with Gasteiger partial charge in [0.25, 0.3) is 5.91 Å². The van der Waals surface area contributed by atoms with Gasteiger partial charge in [0, 0.05) is 5.56 Å². The van der Waals surface area contributed by atoms with E-state index in [1.165, 1.54) is 0 Å². The molecule has 0 bridgehead atoms. The van der Waals surface area contributed by atoms with Gasteiger partial charge in [0.2, 0.25) is 0 Å². The Balaban J connectivity index is 2.17. The van der Waals surface area contributed by atoms with Crippen molar-refractivity contribution in [2.45, 2.75) is 31.9 Å². The van der Waals surface area contributed by atoms with E-state index in [1.54, 1.807) is 30.3 Å². The average Bonchev–Trinajstić information content (AvgIpc) is 2.72. The Morgan fingerprint density at radius 2 is 1.63 bits per heavy atom. The number of imide groups is 1. The summed E-state index contributed by atoms with van der Waals surface area (Å²) in [4.78, 5) is 38.1. The van der Waals surface area contributed by atoms with Gasteiger partial charge in [0.05, 0.1) is 6.04 Å². The van der Waals surface area contributed by atoms with Crippen molar-refractivity contribution in [3.05, 3.63) is 71.8 Å². The van der Waals surface area contributed by atoms with Crippen LogP contribution in [0.15, 0.2) is 60.7 Å². The number of hydrogen-bond donors (Lipinski definition) is 1. The molecule has 2 aromatic rings. The van der Waals surface area contributed by atoms with Gasteiger partial charge in [-0.1, -0.05) is 48.5 Å². The van der Waals surface area contributed by atoms with Crippen molar-refractivity contribution in [1.29, 1.82) is 0 Å². The van der Waals surface area contributed by atoms with Gasteiger partial charge in [-0.15, -0.1) is 0 Å². The zero-order chi connectivity index (χ0) is 19.5. The van der Waals surface area contributed by atoms with E-state index in [0.717, 1.165) is 10.5 Å². The highest BCUT2D eigenvalue weighted by atomic mass is 16.6. The number of carbonyl (C=O) groups excluding carboxylic acids is 3. The molecule has 0 aromatic heterocycles. The summed E-state index contributed by atoms with van der Waals surface area (Å²) in [7, 11) is 0. The highest BCUT2D eigenvalue weighted by Gasteiger charge is 2.31. The summed E-state index contributed by atoms with van der Waals surface area (Å²) in [6, 6.07) is 16.6.